The largest absolute Gasteiger partial charge is 0.468 e. The molecule has 2 unspecified atom stereocenters. The lowest BCUT2D eigenvalue weighted by Gasteiger charge is -2.33. The van der Waals surface area contributed by atoms with Crippen LogP contribution < -0.4 is 10.6 Å². The van der Waals surface area contributed by atoms with Crippen LogP contribution in [0.1, 0.15) is 36.6 Å². The van der Waals surface area contributed by atoms with Gasteiger partial charge in [-0.05, 0) is 43.6 Å². The van der Waals surface area contributed by atoms with Gasteiger partial charge < -0.3 is 15.1 Å². The van der Waals surface area contributed by atoms with Crippen molar-refractivity contribution < 1.29 is 8.63 Å². The Balaban J connectivity index is 1.45. The molecule has 1 saturated heterocycles. The van der Waals surface area contributed by atoms with Gasteiger partial charge in [0.25, 0.3) is 0 Å². The van der Waals surface area contributed by atoms with Crippen LogP contribution in [0.3, 0.4) is 0 Å². The van der Waals surface area contributed by atoms with E-state index in [2.05, 4.69) is 20.5 Å². The Bertz CT molecular complexity index is 758. The monoisotopic (exact) mass is 416 g/mol. The van der Waals surface area contributed by atoms with Crippen LogP contribution in [-0.2, 0) is 16.6 Å². The normalized spacial score (nSPS) is 17.6. The standard InChI is InChI=1S/C22H32N4O2S/c1-23-22(24-12-16-29(27)18-19-9-4-2-5-10-19)25-17-20(21-11-8-15-28-21)26-13-6-3-7-14-26/h2,4-5,8-11,15,20H,3,6-7,12-14,16-18H2,1H3,(H2,23,24,25). The molecule has 1 fully saturated rings. The van der Waals surface area contributed by atoms with E-state index in [9.17, 15) is 4.21 Å². The number of aliphatic imine (C=N–C) groups is 1. The van der Waals surface area contributed by atoms with Crippen LogP contribution in [0, 0.1) is 0 Å². The molecule has 2 N–H and O–H groups in total. The van der Waals surface area contributed by atoms with Gasteiger partial charge in [-0.15, -0.1) is 0 Å². The molecular weight excluding hydrogens is 384 g/mol. The summed E-state index contributed by atoms with van der Waals surface area (Å²) in [6, 6.07) is 14.1. The second-order valence-corrected chi connectivity index (χ2v) is 8.86. The molecule has 6 nitrogen and oxygen atoms in total. The number of hydrogen-bond acceptors (Lipinski definition) is 4. The van der Waals surface area contributed by atoms with E-state index >= 15 is 0 Å². The summed E-state index contributed by atoms with van der Waals surface area (Å²) in [5.74, 6) is 2.89. The SMILES string of the molecule is CN=C(NCCS(=O)Cc1ccccc1)NCC(c1ccco1)N1CCCCC1. The topological polar surface area (TPSA) is 69.9 Å². The maximum Gasteiger partial charge on any atom is 0.191 e. The summed E-state index contributed by atoms with van der Waals surface area (Å²) in [6.07, 6.45) is 5.51. The van der Waals surface area contributed by atoms with Crippen molar-refractivity contribution in [2.45, 2.75) is 31.1 Å². The van der Waals surface area contributed by atoms with Crippen LogP contribution in [-0.4, -0.2) is 54.0 Å². The second kappa shape index (κ2) is 11.8. The molecule has 2 aromatic rings. The molecule has 7 heteroatoms. The maximum atomic E-state index is 12.3. The molecular formula is C22H32N4O2S. The van der Waals surface area contributed by atoms with E-state index in [0.29, 0.717) is 18.1 Å². The quantitative estimate of drug-likeness (QED) is 0.486. The van der Waals surface area contributed by atoms with Crippen molar-refractivity contribution in [2.24, 2.45) is 4.99 Å². The Hall–Kier alpha value is -2.12. The fraction of sp³-hybridized carbons (Fsp3) is 0.500. The van der Waals surface area contributed by atoms with E-state index in [0.717, 1.165) is 36.9 Å². The Morgan fingerprint density at radius 3 is 2.62 bits per heavy atom. The number of benzene rings is 1. The predicted octanol–water partition coefficient (Wildman–Crippen LogP) is 2.92. The molecule has 158 valence electrons. The molecule has 0 radical (unpaired) electrons. The summed E-state index contributed by atoms with van der Waals surface area (Å²) in [5.41, 5.74) is 1.11. The minimum Gasteiger partial charge on any atom is -0.468 e. The summed E-state index contributed by atoms with van der Waals surface area (Å²) < 4.78 is 18.0. The molecule has 0 aliphatic carbocycles. The molecule has 3 rings (SSSR count). The third-order valence-electron chi connectivity index (χ3n) is 5.18. The fourth-order valence-corrected chi connectivity index (χ4v) is 4.69. The smallest absolute Gasteiger partial charge is 0.191 e. The Morgan fingerprint density at radius 1 is 1.14 bits per heavy atom. The van der Waals surface area contributed by atoms with Crippen molar-refractivity contribution >= 4 is 16.8 Å². The lowest BCUT2D eigenvalue weighted by molar-refractivity contribution is 0.146. The lowest BCUT2D eigenvalue weighted by atomic mass is 10.1. The molecule has 0 spiro atoms. The summed E-state index contributed by atoms with van der Waals surface area (Å²) >= 11 is 0. The minimum absolute atomic E-state index is 0.191. The lowest BCUT2D eigenvalue weighted by Crippen LogP contribution is -2.45. The van der Waals surface area contributed by atoms with Crippen LogP contribution in [0.25, 0.3) is 0 Å². The van der Waals surface area contributed by atoms with Gasteiger partial charge in [0, 0.05) is 42.4 Å². The van der Waals surface area contributed by atoms with E-state index in [1.807, 2.05) is 42.5 Å². The fourth-order valence-electron chi connectivity index (χ4n) is 3.65. The number of rotatable bonds is 9. The van der Waals surface area contributed by atoms with E-state index in [4.69, 9.17) is 4.42 Å². The molecule has 0 saturated carbocycles. The second-order valence-electron chi connectivity index (χ2n) is 7.28. The van der Waals surface area contributed by atoms with Gasteiger partial charge in [-0.3, -0.25) is 14.1 Å². The first kappa shape index (κ1) is 21.6. The molecule has 29 heavy (non-hydrogen) atoms. The summed E-state index contributed by atoms with van der Waals surface area (Å²) in [7, 11) is 0.864. The highest BCUT2D eigenvalue weighted by atomic mass is 32.2. The van der Waals surface area contributed by atoms with E-state index in [1.165, 1.54) is 19.3 Å². The number of nitrogens with zero attached hydrogens (tertiary/aromatic N) is 2. The maximum absolute atomic E-state index is 12.3. The van der Waals surface area contributed by atoms with Gasteiger partial charge in [0.2, 0.25) is 0 Å². The van der Waals surface area contributed by atoms with Crippen molar-refractivity contribution in [3.05, 3.63) is 60.1 Å². The zero-order valence-corrected chi connectivity index (χ0v) is 18.0. The number of hydrogen-bond donors (Lipinski definition) is 2. The molecule has 2 heterocycles. The average Bonchev–Trinajstić information content (AvgIpc) is 3.28. The minimum atomic E-state index is -0.899. The number of guanidine groups is 1. The molecule has 0 amide bonds. The Morgan fingerprint density at radius 2 is 1.93 bits per heavy atom. The molecule has 2 atom stereocenters. The molecule has 0 bridgehead atoms. The van der Waals surface area contributed by atoms with Gasteiger partial charge in [0.1, 0.15) is 5.76 Å². The van der Waals surface area contributed by atoms with Crippen LogP contribution >= 0.6 is 0 Å². The zero-order chi connectivity index (χ0) is 20.3. The molecule has 1 aromatic carbocycles. The van der Waals surface area contributed by atoms with Crippen LogP contribution in [0.15, 0.2) is 58.1 Å². The first-order chi connectivity index (χ1) is 14.3. The average molecular weight is 417 g/mol. The van der Waals surface area contributed by atoms with Crippen LogP contribution in [0.2, 0.25) is 0 Å². The first-order valence-electron chi connectivity index (χ1n) is 10.4. The number of nitrogens with one attached hydrogen (secondary N) is 2. The van der Waals surface area contributed by atoms with Crippen LogP contribution in [0.4, 0.5) is 0 Å². The number of piperidine rings is 1. The van der Waals surface area contributed by atoms with Crippen molar-refractivity contribution in [3.63, 3.8) is 0 Å². The third kappa shape index (κ3) is 7.01. The summed E-state index contributed by atoms with van der Waals surface area (Å²) in [6.45, 7) is 3.53. The van der Waals surface area contributed by atoms with Crippen molar-refractivity contribution in [3.8, 4) is 0 Å². The highest BCUT2D eigenvalue weighted by Crippen LogP contribution is 2.24. The molecule has 1 aliphatic rings. The highest BCUT2D eigenvalue weighted by molar-refractivity contribution is 7.84. The van der Waals surface area contributed by atoms with Crippen LogP contribution in [0.5, 0.6) is 0 Å². The van der Waals surface area contributed by atoms with Gasteiger partial charge in [-0.25, -0.2) is 0 Å². The summed E-state index contributed by atoms with van der Waals surface area (Å²) in [4.78, 5) is 6.80. The first-order valence-corrected chi connectivity index (χ1v) is 11.9. The van der Waals surface area contributed by atoms with Crippen molar-refractivity contribution in [1.29, 1.82) is 0 Å². The number of furan rings is 1. The highest BCUT2D eigenvalue weighted by Gasteiger charge is 2.24. The number of likely N-dealkylation sites (tertiary alicyclic amines) is 1. The van der Waals surface area contributed by atoms with Gasteiger partial charge >= 0.3 is 0 Å². The predicted molar refractivity (Wildman–Crippen MR) is 119 cm³/mol. The van der Waals surface area contributed by atoms with Gasteiger partial charge in [-0.2, -0.15) is 0 Å². The van der Waals surface area contributed by atoms with E-state index in [1.54, 1.807) is 13.3 Å². The van der Waals surface area contributed by atoms with Crippen molar-refractivity contribution in [2.75, 3.05) is 39.0 Å². The third-order valence-corrected chi connectivity index (χ3v) is 6.50. The Labute approximate surface area is 176 Å². The molecule has 1 aromatic heterocycles. The Kier molecular flexibility index (Phi) is 8.77. The summed E-state index contributed by atoms with van der Waals surface area (Å²) in [5, 5.41) is 6.70. The van der Waals surface area contributed by atoms with Gasteiger partial charge in [0.05, 0.1) is 12.3 Å². The van der Waals surface area contributed by atoms with E-state index in [-0.39, 0.29) is 6.04 Å². The zero-order valence-electron chi connectivity index (χ0n) is 17.2. The van der Waals surface area contributed by atoms with Gasteiger partial charge in [-0.1, -0.05) is 36.8 Å². The molecule has 1 aliphatic heterocycles. The van der Waals surface area contributed by atoms with E-state index < -0.39 is 10.8 Å². The van der Waals surface area contributed by atoms with Crippen molar-refractivity contribution in [1.82, 2.24) is 15.5 Å². The van der Waals surface area contributed by atoms with Gasteiger partial charge in [0.15, 0.2) is 5.96 Å².